The number of hydrogen-bond acceptors (Lipinski definition) is 2. The molecular weight excluding hydrogens is 361 g/mol. The number of aliphatic hydroxyl groups is 1. The minimum Gasteiger partial charge on any atom is -0.384 e. The van der Waals surface area contributed by atoms with Crippen LogP contribution in [0.25, 0.3) is 0 Å². The number of rotatable bonds is 3. The molecule has 3 aromatic rings. The van der Waals surface area contributed by atoms with Gasteiger partial charge in [-0.05, 0) is 35.9 Å². The highest BCUT2D eigenvalue weighted by atomic mass is 19.1. The smallest absolute Gasteiger partial charge is 0.123 e. The highest BCUT2D eigenvalue weighted by Gasteiger charge is 2.54. The number of piperidine rings is 1. The van der Waals surface area contributed by atoms with Crippen molar-refractivity contribution in [2.45, 2.75) is 31.5 Å². The molecule has 1 aliphatic rings. The second-order valence-corrected chi connectivity index (χ2v) is 8.29. The summed E-state index contributed by atoms with van der Waals surface area (Å²) in [5.74, 6) is -0.463. The highest BCUT2D eigenvalue weighted by Crippen LogP contribution is 2.55. The summed E-state index contributed by atoms with van der Waals surface area (Å²) in [6.07, 6.45) is 0. The van der Waals surface area contributed by atoms with Crippen molar-refractivity contribution in [3.63, 3.8) is 0 Å². The summed E-state index contributed by atoms with van der Waals surface area (Å²) < 4.78 is 13.6. The van der Waals surface area contributed by atoms with Gasteiger partial charge in [0.05, 0.1) is 5.60 Å². The van der Waals surface area contributed by atoms with E-state index in [1.807, 2.05) is 36.4 Å². The first kappa shape index (κ1) is 19.8. The molecule has 0 aliphatic carbocycles. The van der Waals surface area contributed by atoms with E-state index in [1.165, 1.54) is 23.3 Å². The van der Waals surface area contributed by atoms with Gasteiger partial charge >= 0.3 is 0 Å². The third-order valence-corrected chi connectivity index (χ3v) is 6.80. The molecular formula is C26H28FNO. The van der Waals surface area contributed by atoms with Crippen molar-refractivity contribution in [2.24, 2.45) is 11.8 Å². The summed E-state index contributed by atoms with van der Waals surface area (Å²) in [5.41, 5.74) is 2.03. The molecule has 4 rings (SSSR count). The third kappa shape index (κ3) is 3.29. The van der Waals surface area contributed by atoms with Gasteiger partial charge in [0.2, 0.25) is 0 Å². The van der Waals surface area contributed by atoms with Crippen LogP contribution in [0.5, 0.6) is 0 Å². The Morgan fingerprint density at radius 2 is 1.14 bits per heavy atom. The molecule has 0 aromatic heterocycles. The summed E-state index contributed by atoms with van der Waals surface area (Å²) in [7, 11) is 2.15. The SMILES string of the molecule is C[C@@H]1[C@@H](c2ccccc2)N(C)[C@@H](c2ccccc2)[C@@H](C)C1(O)c1ccc(F)cc1. The maximum absolute atomic E-state index is 13.6. The lowest BCUT2D eigenvalue weighted by Crippen LogP contribution is -2.56. The predicted molar refractivity (Wildman–Crippen MR) is 115 cm³/mol. The Labute approximate surface area is 172 Å². The zero-order valence-electron chi connectivity index (χ0n) is 17.2. The van der Waals surface area contributed by atoms with Crippen molar-refractivity contribution in [3.8, 4) is 0 Å². The molecule has 0 bridgehead atoms. The Bertz CT molecular complexity index is 888. The molecule has 0 amide bonds. The molecule has 0 radical (unpaired) electrons. The second-order valence-electron chi connectivity index (χ2n) is 8.29. The van der Waals surface area contributed by atoms with E-state index in [1.54, 1.807) is 12.1 Å². The van der Waals surface area contributed by atoms with Crippen molar-refractivity contribution in [3.05, 3.63) is 107 Å². The van der Waals surface area contributed by atoms with Crippen LogP contribution in [0.1, 0.15) is 42.6 Å². The zero-order valence-corrected chi connectivity index (χ0v) is 17.2. The summed E-state index contributed by atoms with van der Waals surface area (Å²) in [5, 5.41) is 12.2. The lowest BCUT2D eigenvalue weighted by atomic mass is 9.62. The molecule has 1 heterocycles. The Morgan fingerprint density at radius 1 is 0.724 bits per heavy atom. The first-order valence-electron chi connectivity index (χ1n) is 10.2. The predicted octanol–water partition coefficient (Wildman–Crippen LogP) is 5.71. The largest absolute Gasteiger partial charge is 0.384 e. The molecule has 150 valence electrons. The van der Waals surface area contributed by atoms with Crippen molar-refractivity contribution in [1.82, 2.24) is 4.90 Å². The molecule has 3 heteroatoms. The van der Waals surface area contributed by atoms with Gasteiger partial charge in [-0.2, -0.15) is 0 Å². The lowest BCUT2D eigenvalue weighted by molar-refractivity contribution is -0.161. The van der Waals surface area contributed by atoms with Gasteiger partial charge < -0.3 is 5.11 Å². The van der Waals surface area contributed by atoms with E-state index in [-0.39, 0.29) is 29.7 Å². The van der Waals surface area contributed by atoms with E-state index >= 15 is 0 Å². The maximum Gasteiger partial charge on any atom is 0.123 e. The van der Waals surface area contributed by atoms with E-state index in [4.69, 9.17) is 0 Å². The van der Waals surface area contributed by atoms with Crippen LogP contribution in [-0.4, -0.2) is 17.1 Å². The van der Waals surface area contributed by atoms with Gasteiger partial charge in [-0.1, -0.05) is 86.6 Å². The molecule has 29 heavy (non-hydrogen) atoms. The zero-order chi connectivity index (χ0) is 20.6. The van der Waals surface area contributed by atoms with Gasteiger partial charge in [0.25, 0.3) is 0 Å². The average molecular weight is 390 g/mol. The monoisotopic (exact) mass is 389 g/mol. The number of hydrogen-bond donors (Lipinski definition) is 1. The van der Waals surface area contributed by atoms with Crippen LogP contribution in [-0.2, 0) is 5.60 Å². The van der Waals surface area contributed by atoms with Crippen molar-refractivity contribution >= 4 is 0 Å². The van der Waals surface area contributed by atoms with Crippen LogP contribution in [0.4, 0.5) is 4.39 Å². The van der Waals surface area contributed by atoms with Gasteiger partial charge in [0.15, 0.2) is 0 Å². The van der Waals surface area contributed by atoms with Gasteiger partial charge in [-0.25, -0.2) is 4.39 Å². The van der Waals surface area contributed by atoms with Gasteiger partial charge in [-0.15, -0.1) is 0 Å². The number of benzene rings is 3. The standard InChI is InChI=1S/C26H28FNO/c1-18-24(20-10-6-4-7-11-20)28(3)25(21-12-8-5-9-13-21)19(2)26(18,29)22-14-16-23(27)17-15-22/h4-19,24-25,29H,1-3H3/t18-,19-,24-,25+,26?/m1/s1. The Balaban J connectivity index is 1.89. The Kier molecular flexibility index (Phi) is 5.28. The summed E-state index contributed by atoms with van der Waals surface area (Å²) in [6.45, 7) is 4.21. The van der Waals surface area contributed by atoms with E-state index < -0.39 is 5.60 Å². The minimum absolute atomic E-state index is 0.0210. The van der Waals surface area contributed by atoms with Crippen LogP contribution in [0.3, 0.4) is 0 Å². The van der Waals surface area contributed by atoms with E-state index in [9.17, 15) is 9.50 Å². The fourth-order valence-electron chi connectivity index (χ4n) is 5.37. The molecule has 5 atom stereocenters. The van der Waals surface area contributed by atoms with Crippen LogP contribution in [0, 0.1) is 17.7 Å². The molecule has 2 nitrogen and oxygen atoms in total. The topological polar surface area (TPSA) is 23.5 Å². The molecule has 1 unspecified atom stereocenters. The molecule has 1 saturated heterocycles. The minimum atomic E-state index is -1.10. The van der Waals surface area contributed by atoms with Crippen LogP contribution >= 0.6 is 0 Å². The van der Waals surface area contributed by atoms with Crippen LogP contribution < -0.4 is 0 Å². The molecule has 1 N–H and O–H groups in total. The first-order chi connectivity index (χ1) is 13.9. The Morgan fingerprint density at radius 3 is 1.55 bits per heavy atom. The number of halogens is 1. The van der Waals surface area contributed by atoms with Gasteiger partial charge in [-0.3, -0.25) is 4.90 Å². The van der Waals surface area contributed by atoms with Gasteiger partial charge in [0, 0.05) is 23.9 Å². The highest BCUT2D eigenvalue weighted by molar-refractivity contribution is 5.33. The normalized spacial score (nSPS) is 30.2. The molecule has 0 spiro atoms. The number of likely N-dealkylation sites (tertiary alicyclic amines) is 1. The number of nitrogens with zero attached hydrogens (tertiary/aromatic N) is 1. The van der Waals surface area contributed by atoms with Crippen LogP contribution in [0.2, 0.25) is 0 Å². The van der Waals surface area contributed by atoms with Crippen LogP contribution in [0.15, 0.2) is 84.9 Å². The molecule has 1 fully saturated rings. The molecule has 3 aromatic carbocycles. The van der Waals surface area contributed by atoms with Crippen molar-refractivity contribution in [2.75, 3.05) is 7.05 Å². The van der Waals surface area contributed by atoms with Gasteiger partial charge in [0.1, 0.15) is 5.82 Å². The quantitative estimate of drug-likeness (QED) is 0.620. The van der Waals surface area contributed by atoms with E-state index in [2.05, 4.69) is 50.1 Å². The average Bonchev–Trinajstić information content (AvgIpc) is 2.74. The van der Waals surface area contributed by atoms with E-state index in [0.29, 0.717) is 0 Å². The third-order valence-electron chi connectivity index (χ3n) is 6.80. The fourth-order valence-corrected chi connectivity index (χ4v) is 5.37. The first-order valence-corrected chi connectivity index (χ1v) is 10.2. The summed E-state index contributed by atoms with van der Waals surface area (Å²) in [6, 6.07) is 27.1. The lowest BCUT2D eigenvalue weighted by Gasteiger charge is -2.56. The van der Waals surface area contributed by atoms with Crippen molar-refractivity contribution < 1.29 is 9.50 Å². The molecule has 0 saturated carbocycles. The Hall–Kier alpha value is -2.49. The maximum atomic E-state index is 13.6. The summed E-state index contributed by atoms with van der Waals surface area (Å²) >= 11 is 0. The van der Waals surface area contributed by atoms with Crippen molar-refractivity contribution in [1.29, 1.82) is 0 Å². The second kappa shape index (κ2) is 7.74. The summed E-state index contributed by atoms with van der Waals surface area (Å²) in [4.78, 5) is 2.39. The van der Waals surface area contributed by atoms with E-state index in [0.717, 1.165) is 5.56 Å². The molecule has 1 aliphatic heterocycles. The fraction of sp³-hybridized carbons (Fsp3) is 0.308.